The second-order valence-electron chi connectivity index (χ2n) is 9.19. The summed E-state index contributed by atoms with van der Waals surface area (Å²) in [5, 5.41) is 3.25. The Hall–Kier alpha value is -0.280. The fourth-order valence-electron chi connectivity index (χ4n) is 6.69. The van der Waals surface area contributed by atoms with Crippen LogP contribution in [0.5, 0.6) is 0 Å². The molecular formula is C19H33ClN2O. The van der Waals surface area contributed by atoms with E-state index in [1.54, 1.807) is 0 Å². The summed E-state index contributed by atoms with van der Waals surface area (Å²) >= 11 is 0. The van der Waals surface area contributed by atoms with Gasteiger partial charge in [0.05, 0.1) is 0 Å². The van der Waals surface area contributed by atoms with Gasteiger partial charge in [-0.3, -0.25) is 4.79 Å². The van der Waals surface area contributed by atoms with E-state index in [2.05, 4.69) is 5.32 Å². The molecule has 3 N–H and O–H groups in total. The number of nitrogens with two attached hydrogens (primary N) is 1. The van der Waals surface area contributed by atoms with Crippen LogP contribution in [0.1, 0.15) is 70.6 Å². The van der Waals surface area contributed by atoms with Crippen LogP contribution in [-0.2, 0) is 4.79 Å². The number of nitrogens with one attached hydrogen (secondary N) is 1. The van der Waals surface area contributed by atoms with Gasteiger partial charge in [-0.15, -0.1) is 12.4 Å². The van der Waals surface area contributed by atoms with E-state index in [0.717, 1.165) is 43.6 Å². The minimum Gasteiger partial charge on any atom is -0.356 e. The number of amides is 1. The van der Waals surface area contributed by atoms with Crippen LogP contribution >= 0.6 is 12.4 Å². The van der Waals surface area contributed by atoms with Crippen LogP contribution in [0.3, 0.4) is 0 Å². The zero-order chi connectivity index (χ0) is 15.2. The Kier molecular flexibility index (Phi) is 5.27. The lowest BCUT2D eigenvalue weighted by Crippen LogP contribution is -2.48. The van der Waals surface area contributed by atoms with Crippen LogP contribution in [0.4, 0.5) is 0 Å². The van der Waals surface area contributed by atoms with E-state index < -0.39 is 0 Å². The summed E-state index contributed by atoms with van der Waals surface area (Å²) in [6.45, 7) is 0.860. The molecule has 5 fully saturated rings. The molecule has 0 aromatic carbocycles. The summed E-state index contributed by atoms with van der Waals surface area (Å²) in [7, 11) is 0. The Balaban J connectivity index is 0.00000156. The zero-order valence-corrected chi connectivity index (χ0v) is 15.1. The first-order valence-electron chi connectivity index (χ1n) is 9.62. The maximum absolute atomic E-state index is 12.5. The van der Waals surface area contributed by atoms with E-state index in [0.29, 0.717) is 23.3 Å². The minimum atomic E-state index is 0. The fraction of sp³-hybridized carbons (Fsp3) is 0.947. The van der Waals surface area contributed by atoms with Gasteiger partial charge in [-0.1, -0.05) is 6.42 Å². The standard InChI is InChI=1S/C19H32N2O.ClH/c20-17-3-1-2-13(7-17)12-21-18(22)11-19-8-14-4-15(9-19)6-16(5-14)10-19;/h13-17H,1-12,20H2,(H,21,22);1H. The molecule has 0 radical (unpaired) electrons. The van der Waals surface area contributed by atoms with Gasteiger partial charge in [0.2, 0.25) is 5.91 Å². The molecule has 0 heterocycles. The number of hydrogen-bond acceptors (Lipinski definition) is 2. The topological polar surface area (TPSA) is 55.1 Å². The molecule has 0 aromatic heterocycles. The van der Waals surface area contributed by atoms with Crippen LogP contribution in [0.15, 0.2) is 0 Å². The molecule has 0 saturated heterocycles. The number of halogens is 1. The van der Waals surface area contributed by atoms with Crippen molar-refractivity contribution in [3.8, 4) is 0 Å². The monoisotopic (exact) mass is 340 g/mol. The molecule has 2 unspecified atom stereocenters. The van der Waals surface area contributed by atoms with Gasteiger partial charge in [0.25, 0.3) is 0 Å². The summed E-state index contributed by atoms with van der Waals surface area (Å²) in [6.07, 6.45) is 13.9. The first-order valence-corrected chi connectivity index (χ1v) is 9.62. The SMILES string of the molecule is Cl.NC1CCCC(CNC(=O)CC23CC4CC(CC(C4)C2)C3)C1. The maximum Gasteiger partial charge on any atom is 0.220 e. The second kappa shape index (κ2) is 6.92. The van der Waals surface area contributed by atoms with Gasteiger partial charge in [-0.05, 0) is 86.9 Å². The van der Waals surface area contributed by atoms with Gasteiger partial charge in [0, 0.05) is 19.0 Å². The molecule has 4 heteroatoms. The quantitative estimate of drug-likeness (QED) is 0.820. The van der Waals surface area contributed by atoms with Gasteiger partial charge >= 0.3 is 0 Å². The van der Waals surface area contributed by atoms with E-state index in [1.807, 2.05) is 0 Å². The normalized spacial score (nSPS) is 44.7. The molecule has 1 amide bonds. The number of rotatable bonds is 4. The van der Waals surface area contributed by atoms with Gasteiger partial charge < -0.3 is 11.1 Å². The van der Waals surface area contributed by atoms with Gasteiger partial charge in [0.1, 0.15) is 0 Å². The molecule has 0 aromatic rings. The van der Waals surface area contributed by atoms with Crippen LogP contribution in [0, 0.1) is 29.1 Å². The number of carbonyl (C=O) groups is 1. The Morgan fingerprint density at radius 2 is 1.61 bits per heavy atom. The predicted octanol–water partition coefficient (Wildman–Crippen LogP) is 3.65. The van der Waals surface area contributed by atoms with Crippen LogP contribution in [0.2, 0.25) is 0 Å². The average molecular weight is 341 g/mol. The van der Waals surface area contributed by atoms with Crippen molar-refractivity contribution < 1.29 is 4.79 Å². The molecule has 3 nitrogen and oxygen atoms in total. The lowest BCUT2D eigenvalue weighted by Gasteiger charge is -2.56. The highest BCUT2D eigenvalue weighted by atomic mass is 35.5. The largest absolute Gasteiger partial charge is 0.356 e. The van der Waals surface area contributed by atoms with Gasteiger partial charge in [-0.2, -0.15) is 0 Å². The highest BCUT2D eigenvalue weighted by molar-refractivity contribution is 5.85. The third-order valence-corrected chi connectivity index (χ3v) is 7.11. The molecule has 5 aliphatic rings. The number of carbonyl (C=O) groups excluding carboxylic acids is 1. The second-order valence-corrected chi connectivity index (χ2v) is 9.19. The van der Waals surface area contributed by atoms with E-state index in [-0.39, 0.29) is 12.4 Å². The van der Waals surface area contributed by atoms with Crippen molar-refractivity contribution in [1.29, 1.82) is 0 Å². The van der Waals surface area contributed by atoms with Gasteiger partial charge in [-0.25, -0.2) is 0 Å². The highest BCUT2D eigenvalue weighted by Gasteiger charge is 2.51. The van der Waals surface area contributed by atoms with Crippen LogP contribution < -0.4 is 11.1 Å². The van der Waals surface area contributed by atoms with E-state index in [1.165, 1.54) is 51.4 Å². The number of hydrogen-bond donors (Lipinski definition) is 2. The summed E-state index contributed by atoms with van der Waals surface area (Å²) in [4.78, 5) is 12.5. The summed E-state index contributed by atoms with van der Waals surface area (Å²) in [6, 6.07) is 0.360. The Bertz CT molecular complexity index is 404. The average Bonchev–Trinajstić information content (AvgIpc) is 2.43. The smallest absolute Gasteiger partial charge is 0.220 e. The molecule has 132 valence electrons. The van der Waals surface area contributed by atoms with Gasteiger partial charge in [0.15, 0.2) is 0 Å². The fourth-order valence-corrected chi connectivity index (χ4v) is 6.69. The van der Waals surface area contributed by atoms with Crippen molar-refractivity contribution in [2.24, 2.45) is 34.8 Å². The molecule has 23 heavy (non-hydrogen) atoms. The Morgan fingerprint density at radius 3 is 2.17 bits per heavy atom. The summed E-state index contributed by atoms with van der Waals surface area (Å²) < 4.78 is 0. The molecule has 4 bridgehead atoms. The third-order valence-electron chi connectivity index (χ3n) is 7.11. The molecule has 0 aliphatic heterocycles. The van der Waals surface area contributed by atoms with E-state index in [4.69, 9.17) is 5.73 Å². The van der Waals surface area contributed by atoms with Crippen LogP contribution in [-0.4, -0.2) is 18.5 Å². The first-order chi connectivity index (χ1) is 10.6. The Labute approximate surface area is 146 Å². The predicted molar refractivity (Wildman–Crippen MR) is 95.4 cm³/mol. The molecule has 0 spiro atoms. The van der Waals surface area contributed by atoms with E-state index >= 15 is 0 Å². The molecule has 2 atom stereocenters. The first kappa shape index (κ1) is 17.5. The summed E-state index contributed by atoms with van der Waals surface area (Å²) in [5.74, 6) is 3.76. The Morgan fingerprint density at radius 1 is 1.00 bits per heavy atom. The lowest BCUT2D eigenvalue weighted by molar-refractivity contribution is -0.129. The van der Waals surface area contributed by atoms with Crippen molar-refractivity contribution in [3.05, 3.63) is 0 Å². The molecule has 5 aliphatic carbocycles. The highest BCUT2D eigenvalue weighted by Crippen LogP contribution is 2.61. The lowest BCUT2D eigenvalue weighted by atomic mass is 9.49. The van der Waals surface area contributed by atoms with Crippen molar-refractivity contribution in [2.45, 2.75) is 76.7 Å². The van der Waals surface area contributed by atoms with Crippen molar-refractivity contribution in [1.82, 2.24) is 5.32 Å². The van der Waals surface area contributed by atoms with Crippen molar-refractivity contribution in [2.75, 3.05) is 6.54 Å². The molecular weight excluding hydrogens is 308 g/mol. The molecule has 5 rings (SSSR count). The summed E-state index contributed by atoms with van der Waals surface area (Å²) in [5.41, 5.74) is 6.43. The van der Waals surface area contributed by atoms with Crippen LogP contribution in [0.25, 0.3) is 0 Å². The zero-order valence-electron chi connectivity index (χ0n) is 14.3. The third kappa shape index (κ3) is 3.87. The van der Waals surface area contributed by atoms with Crippen molar-refractivity contribution >= 4 is 18.3 Å². The minimum absolute atomic E-state index is 0. The van der Waals surface area contributed by atoms with Crippen molar-refractivity contribution in [3.63, 3.8) is 0 Å². The maximum atomic E-state index is 12.5. The molecule has 5 saturated carbocycles. The van der Waals surface area contributed by atoms with E-state index in [9.17, 15) is 4.79 Å².